The summed E-state index contributed by atoms with van der Waals surface area (Å²) in [4.78, 5) is 24.5. The number of carbonyl (C=O) groups is 2. The van der Waals surface area contributed by atoms with Crippen molar-refractivity contribution in [2.75, 3.05) is 12.4 Å². The fraction of sp³-hybridized carbons (Fsp3) is 0.222. The molecule has 5 nitrogen and oxygen atoms in total. The van der Waals surface area contributed by atoms with Gasteiger partial charge >= 0.3 is 0 Å². The van der Waals surface area contributed by atoms with E-state index in [1.54, 1.807) is 55.6 Å². The molecule has 0 aliphatic carbocycles. The Morgan fingerprint density at radius 1 is 0.957 bits per heavy atom. The molecule has 0 unspecified atom stereocenters. The van der Waals surface area contributed by atoms with Gasteiger partial charge in [0.25, 0.3) is 11.8 Å². The molecule has 2 rings (SSSR count). The number of benzene rings is 2. The lowest BCUT2D eigenvalue weighted by Crippen LogP contribution is -2.31. The van der Waals surface area contributed by atoms with Crippen LogP contribution in [0.4, 0.5) is 5.69 Å². The zero-order valence-electron chi connectivity index (χ0n) is 13.4. The average molecular weight is 312 g/mol. The number of hydrogen-bond acceptors (Lipinski definition) is 3. The maximum absolute atomic E-state index is 12.3. The highest BCUT2D eigenvalue weighted by molar-refractivity contribution is 6.09. The number of methoxy groups -OCH3 is 1. The van der Waals surface area contributed by atoms with Crippen molar-refractivity contribution in [1.29, 1.82) is 0 Å². The summed E-state index contributed by atoms with van der Waals surface area (Å²) in [5.74, 6) is 0.182. The van der Waals surface area contributed by atoms with E-state index in [0.29, 0.717) is 22.6 Å². The van der Waals surface area contributed by atoms with E-state index in [-0.39, 0.29) is 17.9 Å². The van der Waals surface area contributed by atoms with Crippen molar-refractivity contribution in [2.24, 2.45) is 0 Å². The van der Waals surface area contributed by atoms with Gasteiger partial charge in [0.2, 0.25) is 0 Å². The third-order valence-corrected chi connectivity index (χ3v) is 3.19. The van der Waals surface area contributed by atoms with E-state index in [4.69, 9.17) is 4.74 Å². The van der Waals surface area contributed by atoms with Crippen LogP contribution in [0.1, 0.15) is 34.6 Å². The van der Waals surface area contributed by atoms with Crippen LogP contribution in [-0.2, 0) is 0 Å². The molecule has 0 saturated heterocycles. The Hall–Kier alpha value is -2.82. The molecule has 2 aromatic rings. The predicted molar refractivity (Wildman–Crippen MR) is 90.0 cm³/mol. The number of anilines is 1. The summed E-state index contributed by atoms with van der Waals surface area (Å²) >= 11 is 0. The molecule has 2 aromatic carbocycles. The van der Waals surface area contributed by atoms with Gasteiger partial charge in [-0.1, -0.05) is 12.1 Å². The number of amides is 2. The van der Waals surface area contributed by atoms with Gasteiger partial charge in [-0.3, -0.25) is 9.59 Å². The van der Waals surface area contributed by atoms with Crippen molar-refractivity contribution >= 4 is 17.5 Å². The molecule has 23 heavy (non-hydrogen) atoms. The van der Waals surface area contributed by atoms with Gasteiger partial charge in [0.1, 0.15) is 5.75 Å². The third-order valence-electron chi connectivity index (χ3n) is 3.19. The zero-order chi connectivity index (χ0) is 16.8. The molecule has 0 fully saturated rings. The topological polar surface area (TPSA) is 67.4 Å². The van der Waals surface area contributed by atoms with Crippen molar-refractivity contribution in [2.45, 2.75) is 19.9 Å². The highest BCUT2D eigenvalue weighted by atomic mass is 16.5. The summed E-state index contributed by atoms with van der Waals surface area (Å²) in [6, 6.07) is 13.7. The second-order valence-electron chi connectivity index (χ2n) is 5.36. The second kappa shape index (κ2) is 7.45. The number of para-hydroxylation sites is 1. The molecule has 0 aliphatic rings. The van der Waals surface area contributed by atoms with Crippen molar-refractivity contribution in [3.63, 3.8) is 0 Å². The molecular weight excluding hydrogens is 292 g/mol. The predicted octanol–water partition coefficient (Wildman–Crippen LogP) is 3.09. The van der Waals surface area contributed by atoms with Crippen molar-refractivity contribution in [1.82, 2.24) is 5.32 Å². The Labute approximate surface area is 135 Å². The Morgan fingerprint density at radius 2 is 1.61 bits per heavy atom. The molecule has 5 heteroatoms. The van der Waals surface area contributed by atoms with E-state index >= 15 is 0 Å². The Balaban J connectivity index is 2.18. The lowest BCUT2D eigenvalue weighted by molar-refractivity contribution is 0.0944. The Bertz CT molecular complexity index is 694. The first-order valence-corrected chi connectivity index (χ1v) is 7.36. The lowest BCUT2D eigenvalue weighted by atomic mass is 10.1. The minimum absolute atomic E-state index is 0.0212. The summed E-state index contributed by atoms with van der Waals surface area (Å²) in [7, 11) is 1.57. The van der Waals surface area contributed by atoms with Crippen LogP contribution in [0.15, 0.2) is 48.5 Å². The molecule has 2 N–H and O–H groups in total. The minimum Gasteiger partial charge on any atom is -0.497 e. The fourth-order valence-electron chi connectivity index (χ4n) is 2.07. The van der Waals surface area contributed by atoms with E-state index in [9.17, 15) is 9.59 Å². The average Bonchev–Trinajstić information content (AvgIpc) is 2.54. The molecule has 2 amide bonds. The van der Waals surface area contributed by atoms with Gasteiger partial charge < -0.3 is 15.4 Å². The number of hydrogen-bond donors (Lipinski definition) is 2. The van der Waals surface area contributed by atoms with Gasteiger partial charge in [-0.15, -0.1) is 0 Å². The number of nitrogens with one attached hydrogen (secondary N) is 2. The molecule has 0 aromatic heterocycles. The van der Waals surface area contributed by atoms with Crippen LogP contribution in [0.2, 0.25) is 0 Å². The minimum atomic E-state index is -0.280. The van der Waals surface area contributed by atoms with Crippen molar-refractivity contribution < 1.29 is 14.3 Å². The van der Waals surface area contributed by atoms with Crippen LogP contribution in [0.5, 0.6) is 5.75 Å². The maximum atomic E-state index is 12.3. The van der Waals surface area contributed by atoms with Crippen LogP contribution < -0.4 is 15.4 Å². The van der Waals surface area contributed by atoms with Crippen molar-refractivity contribution in [3.05, 3.63) is 59.7 Å². The molecule has 120 valence electrons. The first-order chi connectivity index (χ1) is 11.0. The van der Waals surface area contributed by atoms with Crippen LogP contribution >= 0.6 is 0 Å². The summed E-state index contributed by atoms with van der Waals surface area (Å²) in [5, 5.41) is 5.60. The van der Waals surface area contributed by atoms with Crippen molar-refractivity contribution in [3.8, 4) is 5.75 Å². The summed E-state index contributed by atoms with van der Waals surface area (Å²) in [5.41, 5.74) is 1.40. The largest absolute Gasteiger partial charge is 0.497 e. The smallest absolute Gasteiger partial charge is 0.255 e. The Kier molecular flexibility index (Phi) is 5.36. The van der Waals surface area contributed by atoms with E-state index in [0.717, 1.165) is 0 Å². The molecule has 0 bridgehead atoms. The molecule has 0 spiro atoms. The highest BCUT2D eigenvalue weighted by Gasteiger charge is 2.14. The van der Waals surface area contributed by atoms with Crippen LogP contribution in [0.25, 0.3) is 0 Å². The molecule has 0 aliphatic heterocycles. The normalized spacial score (nSPS) is 10.3. The summed E-state index contributed by atoms with van der Waals surface area (Å²) in [6.07, 6.45) is 0. The van der Waals surface area contributed by atoms with E-state index in [2.05, 4.69) is 10.6 Å². The van der Waals surface area contributed by atoms with Crippen LogP contribution in [0.3, 0.4) is 0 Å². The van der Waals surface area contributed by atoms with Gasteiger partial charge in [0.15, 0.2) is 0 Å². The first-order valence-electron chi connectivity index (χ1n) is 7.36. The number of rotatable bonds is 5. The lowest BCUT2D eigenvalue weighted by Gasteiger charge is -2.13. The number of carbonyl (C=O) groups excluding carboxylic acids is 2. The van der Waals surface area contributed by atoms with Gasteiger partial charge in [-0.2, -0.15) is 0 Å². The van der Waals surface area contributed by atoms with E-state index < -0.39 is 0 Å². The maximum Gasteiger partial charge on any atom is 0.255 e. The summed E-state index contributed by atoms with van der Waals surface area (Å²) < 4.78 is 5.07. The fourth-order valence-corrected chi connectivity index (χ4v) is 2.07. The molecule has 0 heterocycles. The molecular formula is C18H20N2O3. The summed E-state index contributed by atoms with van der Waals surface area (Å²) in [6.45, 7) is 3.77. The van der Waals surface area contributed by atoms with Gasteiger partial charge in [0.05, 0.1) is 18.4 Å². The zero-order valence-corrected chi connectivity index (χ0v) is 13.4. The molecule has 0 saturated carbocycles. The second-order valence-corrected chi connectivity index (χ2v) is 5.36. The van der Waals surface area contributed by atoms with E-state index in [1.807, 2.05) is 13.8 Å². The SMILES string of the molecule is COc1ccc(C(=O)Nc2ccccc2C(=O)NC(C)C)cc1. The quantitative estimate of drug-likeness (QED) is 0.891. The van der Waals surface area contributed by atoms with Gasteiger partial charge in [-0.05, 0) is 50.2 Å². The number of ether oxygens (including phenoxy) is 1. The molecule has 0 radical (unpaired) electrons. The first kappa shape index (κ1) is 16.5. The molecule has 0 atom stereocenters. The van der Waals surface area contributed by atoms with Gasteiger partial charge in [-0.25, -0.2) is 0 Å². The standard InChI is InChI=1S/C18H20N2O3/c1-12(2)19-18(22)15-6-4-5-7-16(15)20-17(21)13-8-10-14(23-3)11-9-13/h4-12H,1-3H3,(H,19,22)(H,20,21). The van der Waals surface area contributed by atoms with Crippen LogP contribution in [-0.4, -0.2) is 25.0 Å². The Morgan fingerprint density at radius 3 is 2.22 bits per heavy atom. The van der Waals surface area contributed by atoms with Crippen LogP contribution in [0, 0.1) is 0 Å². The monoisotopic (exact) mass is 312 g/mol. The van der Waals surface area contributed by atoms with E-state index in [1.165, 1.54) is 0 Å². The highest BCUT2D eigenvalue weighted by Crippen LogP contribution is 2.17. The van der Waals surface area contributed by atoms with Gasteiger partial charge in [0, 0.05) is 11.6 Å². The third kappa shape index (κ3) is 4.32.